The molecule has 3 nitrogen and oxygen atoms in total. The molecule has 0 aromatic rings. The standard InChI is InChI=1S/C17H26ClFN2O/c18-10-3-6-15-14(7-10)17(22,16(20)21-15)13-8-11(19)4-5-12(13)9-1-2-9/h9-15,22H,1-8H2,(H2,20,21). The highest BCUT2D eigenvalue weighted by atomic mass is 35.5. The first-order chi connectivity index (χ1) is 10.5. The molecule has 3 N–H and O–H groups in total. The summed E-state index contributed by atoms with van der Waals surface area (Å²) in [6.45, 7) is 0. The Hall–Kier alpha value is -0.350. The van der Waals surface area contributed by atoms with Gasteiger partial charge in [0.2, 0.25) is 0 Å². The molecule has 3 saturated carbocycles. The van der Waals surface area contributed by atoms with E-state index in [1.54, 1.807) is 0 Å². The number of halogens is 2. The maximum atomic E-state index is 14.1. The number of aliphatic imine (C=N–C) groups is 1. The second-order valence-corrected chi connectivity index (χ2v) is 8.56. The van der Waals surface area contributed by atoms with Crippen molar-refractivity contribution in [3.05, 3.63) is 0 Å². The highest BCUT2D eigenvalue weighted by Gasteiger charge is 2.60. The highest BCUT2D eigenvalue weighted by Crippen LogP contribution is 2.55. The molecule has 124 valence electrons. The Morgan fingerprint density at radius 3 is 2.59 bits per heavy atom. The predicted molar refractivity (Wildman–Crippen MR) is 85.8 cm³/mol. The van der Waals surface area contributed by atoms with Gasteiger partial charge in [-0.2, -0.15) is 0 Å². The van der Waals surface area contributed by atoms with Crippen molar-refractivity contribution < 1.29 is 9.50 Å². The Bertz CT molecular complexity index is 483. The molecular formula is C17H26ClFN2O. The summed E-state index contributed by atoms with van der Waals surface area (Å²) >= 11 is 6.36. The van der Waals surface area contributed by atoms with Gasteiger partial charge in [-0.25, -0.2) is 4.39 Å². The Kier molecular flexibility index (Phi) is 3.69. The van der Waals surface area contributed by atoms with Crippen molar-refractivity contribution in [2.24, 2.45) is 34.4 Å². The molecule has 0 aromatic heterocycles. The predicted octanol–water partition coefficient (Wildman–Crippen LogP) is 3.03. The number of alkyl halides is 2. The molecule has 0 bridgehead atoms. The van der Waals surface area contributed by atoms with Crippen LogP contribution in [0.2, 0.25) is 0 Å². The lowest BCUT2D eigenvalue weighted by Gasteiger charge is -2.47. The summed E-state index contributed by atoms with van der Waals surface area (Å²) in [5.41, 5.74) is 5.08. The van der Waals surface area contributed by atoms with Crippen molar-refractivity contribution in [1.29, 1.82) is 0 Å². The van der Waals surface area contributed by atoms with Crippen molar-refractivity contribution >= 4 is 17.4 Å². The van der Waals surface area contributed by atoms with Gasteiger partial charge in [-0.3, -0.25) is 4.99 Å². The number of hydrogen-bond donors (Lipinski definition) is 2. The zero-order valence-electron chi connectivity index (χ0n) is 12.9. The minimum atomic E-state index is -1.13. The Labute approximate surface area is 136 Å². The molecule has 1 aliphatic heterocycles. The third kappa shape index (κ3) is 2.29. The third-order valence-corrected chi connectivity index (χ3v) is 7.06. The van der Waals surface area contributed by atoms with Crippen LogP contribution in [0, 0.1) is 23.7 Å². The van der Waals surface area contributed by atoms with Gasteiger partial charge in [0.05, 0.1) is 6.04 Å². The Morgan fingerprint density at radius 2 is 1.86 bits per heavy atom. The summed E-state index contributed by atoms with van der Waals surface area (Å²) in [5, 5.41) is 11.7. The number of fused-ring (bicyclic) bond motifs is 1. The van der Waals surface area contributed by atoms with Crippen molar-refractivity contribution in [1.82, 2.24) is 0 Å². The first-order valence-electron chi connectivity index (χ1n) is 8.84. The van der Waals surface area contributed by atoms with Gasteiger partial charge in [-0.1, -0.05) is 0 Å². The van der Waals surface area contributed by atoms with E-state index in [1.807, 2.05) is 0 Å². The smallest absolute Gasteiger partial charge is 0.129 e. The minimum Gasteiger partial charge on any atom is -0.385 e. The van der Waals surface area contributed by atoms with Gasteiger partial charge in [0.25, 0.3) is 0 Å². The van der Waals surface area contributed by atoms with Gasteiger partial charge in [-0.05, 0) is 63.2 Å². The Balaban J connectivity index is 1.66. The second-order valence-electron chi connectivity index (χ2n) is 7.94. The van der Waals surface area contributed by atoms with Gasteiger partial charge < -0.3 is 10.8 Å². The molecule has 0 spiro atoms. The van der Waals surface area contributed by atoms with Crippen LogP contribution >= 0.6 is 11.6 Å². The summed E-state index contributed by atoms with van der Waals surface area (Å²) in [5.74, 6) is 1.33. The summed E-state index contributed by atoms with van der Waals surface area (Å²) in [7, 11) is 0. The number of nitrogens with two attached hydrogens (primary N) is 1. The van der Waals surface area contributed by atoms with E-state index < -0.39 is 11.8 Å². The van der Waals surface area contributed by atoms with E-state index in [0.29, 0.717) is 30.5 Å². The van der Waals surface area contributed by atoms with Gasteiger partial charge >= 0.3 is 0 Å². The van der Waals surface area contributed by atoms with E-state index in [0.717, 1.165) is 25.7 Å². The number of amidine groups is 1. The normalized spacial score (nSPS) is 52.2. The fourth-order valence-corrected chi connectivity index (χ4v) is 5.72. The minimum absolute atomic E-state index is 0.0136. The summed E-state index contributed by atoms with van der Waals surface area (Å²) in [6.07, 6.45) is 6.15. The number of aliphatic hydroxyl groups is 1. The fraction of sp³-hybridized carbons (Fsp3) is 0.941. The number of nitrogens with zero attached hydrogens (tertiary/aromatic N) is 1. The van der Waals surface area contributed by atoms with Gasteiger partial charge in [-0.15, -0.1) is 11.6 Å². The third-order valence-electron chi connectivity index (χ3n) is 6.66. The number of hydrogen-bond acceptors (Lipinski definition) is 3. The van der Waals surface area contributed by atoms with Crippen LogP contribution in [0.1, 0.15) is 51.4 Å². The topological polar surface area (TPSA) is 58.6 Å². The summed E-state index contributed by atoms with van der Waals surface area (Å²) in [4.78, 5) is 4.58. The monoisotopic (exact) mass is 328 g/mol. The van der Waals surface area contributed by atoms with E-state index in [9.17, 15) is 9.50 Å². The molecule has 0 saturated heterocycles. The molecular weight excluding hydrogens is 303 g/mol. The van der Waals surface area contributed by atoms with E-state index in [2.05, 4.69) is 4.99 Å². The van der Waals surface area contributed by atoms with E-state index in [1.165, 1.54) is 12.8 Å². The first-order valence-corrected chi connectivity index (χ1v) is 9.28. The van der Waals surface area contributed by atoms with Crippen LogP contribution in [-0.2, 0) is 0 Å². The van der Waals surface area contributed by atoms with Crippen LogP contribution in [0.15, 0.2) is 4.99 Å². The van der Waals surface area contributed by atoms with Crippen LogP contribution < -0.4 is 5.73 Å². The lowest BCUT2D eigenvalue weighted by Crippen LogP contribution is -2.58. The van der Waals surface area contributed by atoms with E-state index in [-0.39, 0.29) is 23.3 Å². The van der Waals surface area contributed by atoms with Crippen LogP contribution in [0.3, 0.4) is 0 Å². The summed E-state index contributed by atoms with van der Waals surface area (Å²) < 4.78 is 14.1. The maximum absolute atomic E-state index is 14.1. The Morgan fingerprint density at radius 1 is 1.09 bits per heavy atom. The zero-order valence-corrected chi connectivity index (χ0v) is 13.7. The average molecular weight is 329 g/mol. The van der Waals surface area contributed by atoms with Crippen molar-refractivity contribution in [3.63, 3.8) is 0 Å². The lowest BCUT2D eigenvalue weighted by atomic mass is 9.61. The van der Waals surface area contributed by atoms with Gasteiger partial charge in [0, 0.05) is 17.2 Å². The molecule has 4 rings (SSSR count). The second kappa shape index (κ2) is 5.34. The van der Waals surface area contributed by atoms with Gasteiger partial charge in [0.15, 0.2) is 0 Å². The molecule has 3 fully saturated rings. The molecule has 5 heteroatoms. The van der Waals surface area contributed by atoms with Crippen LogP contribution in [0.25, 0.3) is 0 Å². The molecule has 7 unspecified atom stereocenters. The van der Waals surface area contributed by atoms with Gasteiger partial charge in [0.1, 0.15) is 17.6 Å². The average Bonchev–Trinajstić information content (AvgIpc) is 3.29. The largest absolute Gasteiger partial charge is 0.385 e. The van der Waals surface area contributed by atoms with E-state index >= 15 is 0 Å². The molecule has 3 aliphatic carbocycles. The van der Waals surface area contributed by atoms with Crippen LogP contribution in [0.5, 0.6) is 0 Å². The van der Waals surface area contributed by atoms with E-state index in [4.69, 9.17) is 17.3 Å². The van der Waals surface area contributed by atoms with Crippen molar-refractivity contribution in [2.75, 3.05) is 0 Å². The van der Waals surface area contributed by atoms with Crippen LogP contribution in [-0.4, -0.2) is 34.1 Å². The molecule has 7 atom stereocenters. The number of rotatable bonds is 2. The van der Waals surface area contributed by atoms with Crippen molar-refractivity contribution in [2.45, 2.75) is 74.6 Å². The fourth-order valence-electron chi connectivity index (χ4n) is 5.40. The molecule has 0 amide bonds. The SMILES string of the molecule is NC1=NC2CCC(Cl)CC2C1(O)C1CC(F)CCC1C1CC1. The quantitative estimate of drug-likeness (QED) is 0.765. The molecule has 4 aliphatic rings. The zero-order chi connectivity index (χ0) is 15.5. The lowest BCUT2D eigenvalue weighted by molar-refractivity contribution is -0.0681. The molecule has 22 heavy (non-hydrogen) atoms. The molecule has 1 heterocycles. The molecule has 0 aromatic carbocycles. The van der Waals surface area contributed by atoms with Crippen molar-refractivity contribution in [3.8, 4) is 0 Å². The maximum Gasteiger partial charge on any atom is 0.129 e. The first kappa shape index (κ1) is 15.2. The summed E-state index contributed by atoms with van der Waals surface area (Å²) in [6, 6.07) is 0.0832. The van der Waals surface area contributed by atoms with Crippen LogP contribution in [0.4, 0.5) is 4.39 Å². The highest BCUT2D eigenvalue weighted by molar-refractivity contribution is 6.20. The molecule has 0 radical (unpaired) electrons.